The van der Waals surface area contributed by atoms with Crippen molar-refractivity contribution in [2.45, 2.75) is 26.7 Å². The third kappa shape index (κ3) is 5.04. The smallest absolute Gasteiger partial charge is 0.221 e. The van der Waals surface area contributed by atoms with Crippen molar-refractivity contribution in [2.75, 3.05) is 16.0 Å². The quantitative estimate of drug-likeness (QED) is 0.573. The molecule has 3 N–H and O–H groups in total. The standard InChI is InChI=1S/C21H23N5O/c1-14(2)18-9-4-5-10-19(18)26-21-12-20(22-13-23-21)25-17-8-6-7-16(11-17)24-15(3)27/h4-14H,1-3H3,(H,24,27)(H2,22,23,25,26). The third-order valence-electron chi connectivity index (χ3n) is 3.97. The molecule has 0 saturated heterocycles. The van der Waals surface area contributed by atoms with Gasteiger partial charge in [0.1, 0.15) is 18.0 Å². The maximum Gasteiger partial charge on any atom is 0.221 e. The molecule has 1 amide bonds. The Balaban J connectivity index is 1.78. The second kappa shape index (κ2) is 8.31. The molecule has 1 heterocycles. The molecule has 0 fully saturated rings. The van der Waals surface area contributed by atoms with E-state index in [1.807, 2.05) is 48.5 Å². The van der Waals surface area contributed by atoms with Gasteiger partial charge in [-0.25, -0.2) is 9.97 Å². The van der Waals surface area contributed by atoms with Gasteiger partial charge in [0.05, 0.1) is 0 Å². The minimum atomic E-state index is -0.107. The molecule has 2 aromatic carbocycles. The van der Waals surface area contributed by atoms with Crippen molar-refractivity contribution < 1.29 is 4.79 Å². The van der Waals surface area contributed by atoms with Crippen molar-refractivity contribution in [1.29, 1.82) is 0 Å². The minimum absolute atomic E-state index is 0.107. The lowest BCUT2D eigenvalue weighted by Crippen LogP contribution is -2.06. The van der Waals surface area contributed by atoms with Crippen molar-refractivity contribution in [2.24, 2.45) is 0 Å². The fraction of sp³-hybridized carbons (Fsp3) is 0.190. The lowest BCUT2D eigenvalue weighted by Gasteiger charge is -2.14. The predicted molar refractivity (Wildman–Crippen MR) is 110 cm³/mol. The molecular formula is C21H23N5O. The van der Waals surface area contributed by atoms with Gasteiger partial charge in [0.2, 0.25) is 5.91 Å². The summed E-state index contributed by atoms with van der Waals surface area (Å²) in [6.45, 7) is 5.81. The topological polar surface area (TPSA) is 78.9 Å². The highest BCUT2D eigenvalue weighted by Gasteiger charge is 2.07. The molecular weight excluding hydrogens is 338 g/mol. The molecule has 6 heteroatoms. The minimum Gasteiger partial charge on any atom is -0.340 e. The fourth-order valence-corrected chi connectivity index (χ4v) is 2.77. The van der Waals surface area contributed by atoms with Gasteiger partial charge >= 0.3 is 0 Å². The highest BCUT2D eigenvalue weighted by molar-refractivity contribution is 5.89. The Bertz CT molecular complexity index is 939. The molecule has 138 valence electrons. The zero-order chi connectivity index (χ0) is 19.2. The summed E-state index contributed by atoms with van der Waals surface area (Å²) in [6, 6.07) is 17.5. The van der Waals surface area contributed by atoms with Crippen LogP contribution in [0.3, 0.4) is 0 Å². The van der Waals surface area contributed by atoms with Crippen molar-refractivity contribution in [3.8, 4) is 0 Å². The van der Waals surface area contributed by atoms with Crippen LogP contribution in [-0.4, -0.2) is 15.9 Å². The maximum absolute atomic E-state index is 11.2. The van der Waals surface area contributed by atoms with Gasteiger partial charge in [-0.15, -0.1) is 0 Å². The number of nitrogens with one attached hydrogen (secondary N) is 3. The van der Waals surface area contributed by atoms with Crippen LogP contribution in [0.15, 0.2) is 60.9 Å². The van der Waals surface area contributed by atoms with Gasteiger partial charge in [-0.3, -0.25) is 4.79 Å². The first-order valence-corrected chi connectivity index (χ1v) is 8.84. The fourth-order valence-electron chi connectivity index (χ4n) is 2.77. The average molecular weight is 361 g/mol. The molecule has 6 nitrogen and oxygen atoms in total. The molecule has 0 aliphatic rings. The van der Waals surface area contributed by atoms with E-state index in [4.69, 9.17) is 0 Å². The van der Waals surface area contributed by atoms with Crippen LogP contribution in [0.25, 0.3) is 0 Å². The Morgan fingerprint density at radius 3 is 2.33 bits per heavy atom. The largest absolute Gasteiger partial charge is 0.340 e. The van der Waals surface area contributed by atoms with Gasteiger partial charge in [-0.1, -0.05) is 38.1 Å². The number of hydrogen-bond donors (Lipinski definition) is 3. The molecule has 27 heavy (non-hydrogen) atoms. The van der Waals surface area contributed by atoms with Gasteiger partial charge in [-0.2, -0.15) is 0 Å². The normalized spacial score (nSPS) is 10.5. The second-order valence-electron chi connectivity index (χ2n) is 6.54. The number of aromatic nitrogens is 2. The average Bonchev–Trinajstić information content (AvgIpc) is 2.62. The highest BCUT2D eigenvalue weighted by atomic mass is 16.1. The predicted octanol–water partition coefficient (Wildman–Crippen LogP) is 5.05. The number of benzene rings is 2. The number of nitrogens with zero attached hydrogens (tertiary/aromatic N) is 2. The van der Waals surface area contributed by atoms with Gasteiger partial charge < -0.3 is 16.0 Å². The first-order chi connectivity index (χ1) is 13.0. The van der Waals surface area contributed by atoms with Crippen LogP contribution in [0.1, 0.15) is 32.3 Å². The van der Waals surface area contributed by atoms with Gasteiger partial charge in [-0.05, 0) is 35.7 Å². The summed E-state index contributed by atoms with van der Waals surface area (Å²) in [4.78, 5) is 19.8. The van der Waals surface area contributed by atoms with E-state index in [1.165, 1.54) is 18.8 Å². The molecule has 0 bridgehead atoms. The van der Waals surface area contributed by atoms with E-state index in [-0.39, 0.29) is 5.91 Å². The molecule has 0 unspecified atom stereocenters. The van der Waals surface area contributed by atoms with E-state index >= 15 is 0 Å². The first kappa shape index (κ1) is 18.4. The van der Waals surface area contributed by atoms with Crippen molar-refractivity contribution in [3.05, 3.63) is 66.5 Å². The molecule has 0 aliphatic carbocycles. The Morgan fingerprint density at radius 1 is 0.889 bits per heavy atom. The first-order valence-electron chi connectivity index (χ1n) is 8.84. The Kier molecular flexibility index (Phi) is 5.66. The highest BCUT2D eigenvalue weighted by Crippen LogP contribution is 2.27. The summed E-state index contributed by atoms with van der Waals surface area (Å²) in [5.74, 6) is 1.67. The van der Waals surface area contributed by atoms with Crippen LogP contribution in [0.4, 0.5) is 28.7 Å². The SMILES string of the molecule is CC(=O)Nc1cccc(Nc2cc(Nc3ccccc3C(C)C)ncn2)c1. The number of hydrogen-bond acceptors (Lipinski definition) is 5. The van der Waals surface area contributed by atoms with Crippen LogP contribution < -0.4 is 16.0 Å². The molecule has 3 rings (SSSR count). The molecule has 0 saturated carbocycles. The van der Waals surface area contributed by atoms with Gasteiger partial charge in [0, 0.05) is 30.1 Å². The van der Waals surface area contributed by atoms with Crippen LogP contribution in [0, 0.1) is 0 Å². The zero-order valence-electron chi connectivity index (χ0n) is 15.7. The number of carbonyl (C=O) groups is 1. The summed E-state index contributed by atoms with van der Waals surface area (Å²) >= 11 is 0. The number of amides is 1. The van der Waals surface area contributed by atoms with E-state index in [9.17, 15) is 4.79 Å². The lowest BCUT2D eigenvalue weighted by atomic mass is 10.0. The summed E-state index contributed by atoms with van der Waals surface area (Å²) in [5.41, 5.74) is 3.82. The third-order valence-corrected chi connectivity index (χ3v) is 3.97. The number of para-hydroxylation sites is 1. The monoisotopic (exact) mass is 361 g/mol. The molecule has 0 spiro atoms. The Labute approximate surface area is 159 Å². The zero-order valence-corrected chi connectivity index (χ0v) is 15.7. The van der Waals surface area contributed by atoms with Crippen LogP contribution >= 0.6 is 0 Å². The Hall–Kier alpha value is -3.41. The summed E-state index contributed by atoms with van der Waals surface area (Å²) < 4.78 is 0. The molecule has 0 aliphatic heterocycles. The van der Waals surface area contributed by atoms with Crippen LogP contribution in [-0.2, 0) is 4.79 Å². The van der Waals surface area contributed by atoms with E-state index in [0.29, 0.717) is 17.6 Å². The van der Waals surface area contributed by atoms with Crippen molar-refractivity contribution in [1.82, 2.24) is 9.97 Å². The number of anilines is 5. The summed E-state index contributed by atoms with van der Waals surface area (Å²) in [5, 5.41) is 9.38. The Morgan fingerprint density at radius 2 is 1.59 bits per heavy atom. The van der Waals surface area contributed by atoms with Crippen molar-refractivity contribution >= 4 is 34.6 Å². The summed E-state index contributed by atoms with van der Waals surface area (Å²) in [7, 11) is 0. The number of carbonyl (C=O) groups excluding carboxylic acids is 1. The molecule has 0 radical (unpaired) electrons. The molecule has 3 aromatic rings. The van der Waals surface area contributed by atoms with Gasteiger partial charge in [0.25, 0.3) is 0 Å². The van der Waals surface area contributed by atoms with Crippen LogP contribution in [0.5, 0.6) is 0 Å². The van der Waals surface area contributed by atoms with E-state index in [2.05, 4.69) is 45.8 Å². The molecule has 1 aromatic heterocycles. The van der Waals surface area contributed by atoms with E-state index in [1.54, 1.807) is 0 Å². The summed E-state index contributed by atoms with van der Waals surface area (Å²) in [6.07, 6.45) is 1.51. The number of rotatable bonds is 6. The van der Waals surface area contributed by atoms with Gasteiger partial charge in [0.15, 0.2) is 0 Å². The van der Waals surface area contributed by atoms with E-state index in [0.717, 1.165) is 17.1 Å². The maximum atomic E-state index is 11.2. The second-order valence-corrected chi connectivity index (χ2v) is 6.54. The van der Waals surface area contributed by atoms with E-state index < -0.39 is 0 Å². The van der Waals surface area contributed by atoms with Crippen LogP contribution in [0.2, 0.25) is 0 Å². The lowest BCUT2D eigenvalue weighted by molar-refractivity contribution is -0.114. The molecule has 0 atom stereocenters. The van der Waals surface area contributed by atoms with Crippen molar-refractivity contribution in [3.63, 3.8) is 0 Å².